The van der Waals surface area contributed by atoms with Crippen LogP contribution in [0.15, 0.2) is 71.1 Å². The molecule has 42 heavy (non-hydrogen) atoms. The van der Waals surface area contributed by atoms with Crippen LogP contribution in [0.1, 0.15) is 47.5 Å². The number of rotatable bonds is 11. The molecule has 11 heteroatoms. The summed E-state index contributed by atoms with van der Waals surface area (Å²) in [4.78, 5) is 48.3. The number of nitrogens with one attached hydrogen (secondary N) is 4. The van der Waals surface area contributed by atoms with Gasteiger partial charge in [-0.05, 0) is 54.8 Å². The summed E-state index contributed by atoms with van der Waals surface area (Å²) >= 11 is 0. The molecule has 4 N–H and O–H groups in total. The highest BCUT2D eigenvalue weighted by molar-refractivity contribution is 6.01. The third kappa shape index (κ3) is 7.17. The summed E-state index contributed by atoms with van der Waals surface area (Å²) in [5, 5.41) is 7.98. The number of hydrogen-bond donors (Lipinski definition) is 4. The van der Waals surface area contributed by atoms with Gasteiger partial charge < -0.3 is 29.8 Å². The molecular formula is C31H35N7O4. The number of carbonyl (C=O) groups excluding carboxylic acids is 3. The third-order valence-corrected chi connectivity index (χ3v) is 7.12. The fourth-order valence-corrected chi connectivity index (χ4v) is 4.88. The molecule has 0 bridgehead atoms. The Morgan fingerprint density at radius 3 is 2.45 bits per heavy atom. The highest BCUT2D eigenvalue weighted by Crippen LogP contribution is 2.22. The molecule has 2 aromatic heterocycles. The lowest BCUT2D eigenvalue weighted by atomic mass is 10.1. The van der Waals surface area contributed by atoms with Crippen molar-refractivity contribution in [3.63, 3.8) is 0 Å². The van der Waals surface area contributed by atoms with Gasteiger partial charge in [0.2, 0.25) is 6.41 Å². The first-order chi connectivity index (χ1) is 20.5. The van der Waals surface area contributed by atoms with Crippen LogP contribution in [-0.2, 0) is 17.6 Å². The minimum atomic E-state index is -0.487. The van der Waals surface area contributed by atoms with Gasteiger partial charge in [-0.25, -0.2) is 9.78 Å². The quantitative estimate of drug-likeness (QED) is 0.185. The van der Waals surface area contributed by atoms with Crippen molar-refractivity contribution in [2.75, 3.05) is 47.0 Å². The van der Waals surface area contributed by atoms with Gasteiger partial charge >= 0.3 is 6.03 Å². The minimum absolute atomic E-state index is 0.158. The first kappa shape index (κ1) is 28.5. The number of piperazine rings is 1. The van der Waals surface area contributed by atoms with Crippen LogP contribution in [0.3, 0.4) is 0 Å². The largest absolute Gasteiger partial charge is 0.455 e. The van der Waals surface area contributed by atoms with Crippen molar-refractivity contribution >= 4 is 41.4 Å². The molecule has 0 radical (unpaired) electrons. The van der Waals surface area contributed by atoms with E-state index in [2.05, 4.69) is 49.9 Å². The average Bonchev–Trinajstić information content (AvgIpc) is 3.63. The zero-order valence-electron chi connectivity index (χ0n) is 23.6. The number of aromatic nitrogens is 2. The molecule has 5 rings (SSSR count). The van der Waals surface area contributed by atoms with E-state index in [1.165, 1.54) is 5.56 Å². The van der Waals surface area contributed by atoms with Crippen LogP contribution in [-0.4, -0.2) is 59.4 Å². The molecule has 11 nitrogen and oxygen atoms in total. The third-order valence-electron chi connectivity index (χ3n) is 7.12. The van der Waals surface area contributed by atoms with Crippen LogP contribution in [0.5, 0.6) is 0 Å². The van der Waals surface area contributed by atoms with Crippen LogP contribution in [0.2, 0.25) is 0 Å². The second kappa shape index (κ2) is 13.5. The summed E-state index contributed by atoms with van der Waals surface area (Å²) < 4.78 is 5.86. The fourth-order valence-electron chi connectivity index (χ4n) is 4.88. The standard InChI is InChI=1S/C31H35N7O4/c1-2-3-7-22-10-12-23(13-11-22)33-31(41)36-29-28(32-21-39)34-27(35-29)20-25-14-15-26(42-25)30(40)38-18-16-37(17-19-38)24-8-5-4-6-9-24/h4-6,8-15,21H,2-3,7,16-20H2,1H3,(H,32,39)(H,34,35)(H2,33,36,41). The lowest BCUT2D eigenvalue weighted by Crippen LogP contribution is -2.48. The molecule has 1 fully saturated rings. The zero-order valence-corrected chi connectivity index (χ0v) is 23.6. The van der Waals surface area contributed by atoms with Crippen LogP contribution >= 0.6 is 0 Å². The number of unbranched alkanes of at least 4 members (excludes halogenated alkanes) is 1. The monoisotopic (exact) mass is 569 g/mol. The molecule has 218 valence electrons. The summed E-state index contributed by atoms with van der Waals surface area (Å²) in [5.41, 5.74) is 3.01. The van der Waals surface area contributed by atoms with E-state index in [1.807, 2.05) is 42.5 Å². The second-order valence-corrected chi connectivity index (χ2v) is 10.1. The predicted octanol–water partition coefficient (Wildman–Crippen LogP) is 5.11. The number of amides is 4. The van der Waals surface area contributed by atoms with Crippen LogP contribution in [0.25, 0.3) is 0 Å². The summed E-state index contributed by atoms with van der Waals surface area (Å²) in [7, 11) is 0. The van der Waals surface area contributed by atoms with Crippen molar-refractivity contribution < 1.29 is 18.8 Å². The molecule has 3 heterocycles. The maximum absolute atomic E-state index is 13.1. The molecule has 4 aromatic rings. The molecule has 0 spiro atoms. The predicted molar refractivity (Wildman–Crippen MR) is 162 cm³/mol. The maximum Gasteiger partial charge on any atom is 0.324 e. The van der Waals surface area contributed by atoms with E-state index in [0.717, 1.165) is 38.0 Å². The number of nitrogens with zero attached hydrogens (tertiary/aromatic N) is 3. The van der Waals surface area contributed by atoms with Crippen molar-refractivity contribution in [3.8, 4) is 0 Å². The minimum Gasteiger partial charge on any atom is -0.455 e. The number of para-hydroxylation sites is 1. The number of aromatic amines is 1. The van der Waals surface area contributed by atoms with Crippen molar-refractivity contribution in [1.29, 1.82) is 0 Å². The molecule has 4 amide bonds. The topological polar surface area (TPSA) is 136 Å². The summed E-state index contributed by atoms with van der Waals surface area (Å²) in [6.07, 6.45) is 3.95. The van der Waals surface area contributed by atoms with Gasteiger partial charge in [-0.1, -0.05) is 43.7 Å². The van der Waals surface area contributed by atoms with E-state index in [1.54, 1.807) is 17.0 Å². The van der Waals surface area contributed by atoms with Gasteiger partial charge in [-0.15, -0.1) is 0 Å². The molecule has 1 aliphatic rings. The molecule has 0 aliphatic carbocycles. The van der Waals surface area contributed by atoms with Crippen molar-refractivity contribution in [2.45, 2.75) is 32.6 Å². The Labute approximate surface area is 244 Å². The van der Waals surface area contributed by atoms with Crippen molar-refractivity contribution in [3.05, 3.63) is 89.6 Å². The summed E-state index contributed by atoms with van der Waals surface area (Å²) in [6.45, 7) is 4.84. The number of furan rings is 1. The second-order valence-electron chi connectivity index (χ2n) is 10.1. The Kier molecular flexibility index (Phi) is 9.17. The Morgan fingerprint density at radius 2 is 1.74 bits per heavy atom. The molecule has 0 saturated carbocycles. The van der Waals surface area contributed by atoms with Gasteiger partial charge in [0.05, 0.1) is 6.42 Å². The van der Waals surface area contributed by atoms with E-state index in [-0.39, 0.29) is 29.7 Å². The van der Waals surface area contributed by atoms with E-state index in [4.69, 9.17) is 4.42 Å². The van der Waals surface area contributed by atoms with Crippen molar-refractivity contribution in [1.82, 2.24) is 14.9 Å². The van der Waals surface area contributed by atoms with Gasteiger partial charge in [0.1, 0.15) is 11.6 Å². The van der Waals surface area contributed by atoms with Crippen LogP contribution in [0.4, 0.5) is 27.8 Å². The van der Waals surface area contributed by atoms with Crippen molar-refractivity contribution in [2.24, 2.45) is 0 Å². The molecule has 1 aliphatic heterocycles. The first-order valence-electron chi connectivity index (χ1n) is 14.2. The number of urea groups is 1. The average molecular weight is 570 g/mol. The summed E-state index contributed by atoms with van der Waals surface area (Å²) in [6, 6.07) is 20.7. The normalized spacial score (nSPS) is 13.1. The lowest BCUT2D eigenvalue weighted by Gasteiger charge is -2.35. The fraction of sp³-hybridized carbons (Fsp3) is 0.290. The Morgan fingerprint density at radius 1 is 0.976 bits per heavy atom. The number of carbonyl (C=O) groups is 3. The molecule has 1 saturated heterocycles. The van der Waals surface area contributed by atoms with E-state index < -0.39 is 6.03 Å². The highest BCUT2D eigenvalue weighted by Gasteiger charge is 2.25. The SMILES string of the molecule is CCCCc1ccc(NC(=O)Nc2[nH]c(Cc3ccc(C(=O)N4CCN(c5ccccc5)CC4)o3)nc2NC=O)cc1. The van der Waals surface area contributed by atoms with Gasteiger partial charge in [0, 0.05) is 37.6 Å². The lowest BCUT2D eigenvalue weighted by molar-refractivity contribution is -0.105. The smallest absolute Gasteiger partial charge is 0.324 e. The number of aryl methyl sites for hydroxylation is 1. The van der Waals surface area contributed by atoms with E-state index in [9.17, 15) is 14.4 Å². The first-order valence-corrected chi connectivity index (χ1v) is 14.2. The van der Waals surface area contributed by atoms with E-state index >= 15 is 0 Å². The van der Waals surface area contributed by atoms with Crippen LogP contribution in [0, 0.1) is 0 Å². The molecule has 2 aromatic carbocycles. The number of benzene rings is 2. The Bertz CT molecular complexity index is 1490. The number of H-pyrrole nitrogens is 1. The molecule has 0 atom stereocenters. The Hall–Kier alpha value is -5.06. The van der Waals surface area contributed by atoms with Gasteiger partial charge in [-0.2, -0.15) is 0 Å². The molecular weight excluding hydrogens is 534 g/mol. The Balaban J connectivity index is 1.17. The highest BCUT2D eigenvalue weighted by atomic mass is 16.4. The van der Waals surface area contributed by atoms with Gasteiger partial charge in [0.15, 0.2) is 17.4 Å². The number of hydrogen-bond acceptors (Lipinski definition) is 6. The van der Waals surface area contributed by atoms with E-state index in [0.29, 0.717) is 36.8 Å². The van der Waals surface area contributed by atoms with Crippen LogP contribution < -0.4 is 20.9 Å². The zero-order chi connectivity index (χ0) is 29.3. The summed E-state index contributed by atoms with van der Waals surface area (Å²) in [5.74, 6) is 1.47. The number of anilines is 4. The van der Waals surface area contributed by atoms with Gasteiger partial charge in [-0.3, -0.25) is 14.9 Å². The molecule has 0 unspecified atom stereocenters. The number of imidazole rings is 1. The maximum atomic E-state index is 13.1. The van der Waals surface area contributed by atoms with Gasteiger partial charge in [0.25, 0.3) is 5.91 Å².